The molecule has 14 heteroatoms. The monoisotopic (exact) mass is 1030 g/mol. The van der Waals surface area contributed by atoms with E-state index in [1.165, 1.54) is 186 Å². The number of aliphatic hydroxyl groups is 5. The molecule has 0 saturated carbocycles. The molecule has 0 aromatic heterocycles. The zero-order valence-corrected chi connectivity index (χ0v) is 45.7. The highest BCUT2D eigenvalue weighted by molar-refractivity contribution is 7.80. The van der Waals surface area contributed by atoms with Gasteiger partial charge in [-0.25, -0.2) is 4.18 Å². The van der Waals surface area contributed by atoms with Crippen molar-refractivity contribution in [2.24, 2.45) is 0 Å². The lowest BCUT2D eigenvalue weighted by Crippen LogP contribution is -2.61. The van der Waals surface area contributed by atoms with Crippen LogP contribution in [0.25, 0.3) is 0 Å². The largest absolute Gasteiger partial charge is 0.397 e. The lowest BCUT2D eigenvalue weighted by molar-refractivity contribution is -0.298. The van der Waals surface area contributed by atoms with Crippen molar-refractivity contribution in [1.29, 1.82) is 0 Å². The quantitative estimate of drug-likeness (QED) is 0.0172. The Balaban J connectivity index is 2.46. The van der Waals surface area contributed by atoms with Gasteiger partial charge >= 0.3 is 10.4 Å². The van der Waals surface area contributed by atoms with Gasteiger partial charge in [-0.05, 0) is 44.9 Å². The second-order valence-corrected chi connectivity index (χ2v) is 21.4. The van der Waals surface area contributed by atoms with Gasteiger partial charge in [0.05, 0.1) is 25.4 Å². The van der Waals surface area contributed by atoms with Gasteiger partial charge in [0, 0.05) is 0 Å². The van der Waals surface area contributed by atoms with E-state index < -0.39 is 78.5 Å². The summed E-state index contributed by atoms with van der Waals surface area (Å²) in [5.41, 5.74) is 0. The van der Waals surface area contributed by atoms with Crippen LogP contribution in [0.4, 0.5) is 0 Å². The molecule has 7 N–H and O–H groups in total. The van der Waals surface area contributed by atoms with Crippen LogP contribution in [0.2, 0.25) is 0 Å². The molecule has 0 radical (unpaired) electrons. The zero-order chi connectivity index (χ0) is 52.1. The van der Waals surface area contributed by atoms with Crippen LogP contribution in [0.3, 0.4) is 0 Å². The van der Waals surface area contributed by atoms with E-state index in [0.717, 1.165) is 44.9 Å². The van der Waals surface area contributed by atoms with E-state index in [1.54, 1.807) is 6.08 Å². The highest BCUT2D eigenvalue weighted by Crippen LogP contribution is 2.26. The van der Waals surface area contributed by atoms with Crippen molar-refractivity contribution in [2.45, 2.75) is 307 Å². The van der Waals surface area contributed by atoms with Gasteiger partial charge in [0.2, 0.25) is 5.91 Å². The summed E-state index contributed by atoms with van der Waals surface area (Å²) in [6, 6.07) is -1.14. The molecule has 71 heavy (non-hydrogen) atoms. The predicted molar refractivity (Wildman–Crippen MR) is 288 cm³/mol. The van der Waals surface area contributed by atoms with Gasteiger partial charge in [0.25, 0.3) is 0 Å². The molecule has 1 saturated heterocycles. The second kappa shape index (κ2) is 46.8. The van der Waals surface area contributed by atoms with E-state index in [0.29, 0.717) is 12.8 Å². The van der Waals surface area contributed by atoms with Gasteiger partial charge in [-0.15, -0.1) is 0 Å². The van der Waals surface area contributed by atoms with Crippen LogP contribution in [0, 0.1) is 0 Å². The molecule has 1 heterocycles. The Kier molecular flexibility index (Phi) is 44.3. The summed E-state index contributed by atoms with van der Waals surface area (Å²) in [6.45, 7) is 3.24. The first-order valence-electron chi connectivity index (χ1n) is 29.0. The number of hydrogen-bond donors (Lipinski definition) is 7. The lowest BCUT2D eigenvalue weighted by Gasteiger charge is -2.41. The molecule has 0 aromatic rings. The Morgan fingerprint density at radius 2 is 0.944 bits per heavy atom. The summed E-state index contributed by atoms with van der Waals surface area (Å²) in [4.78, 5) is 13.2. The molecule has 8 unspecified atom stereocenters. The molecule has 418 valence electrons. The number of carbonyl (C=O) groups is 1. The maximum Gasteiger partial charge on any atom is 0.397 e. The second-order valence-electron chi connectivity index (χ2n) is 20.4. The lowest BCUT2D eigenvalue weighted by atomic mass is 9.99. The van der Waals surface area contributed by atoms with Crippen LogP contribution in [0.15, 0.2) is 36.5 Å². The molecule has 0 bridgehead atoms. The van der Waals surface area contributed by atoms with Crippen LogP contribution in [0.5, 0.6) is 0 Å². The minimum absolute atomic E-state index is 0.237. The van der Waals surface area contributed by atoms with E-state index in [9.17, 15) is 43.3 Å². The summed E-state index contributed by atoms with van der Waals surface area (Å²) in [5.74, 6) is -0.712. The third kappa shape index (κ3) is 38.5. The minimum atomic E-state index is -5.13. The molecule has 1 aliphatic heterocycles. The highest BCUT2D eigenvalue weighted by atomic mass is 32.3. The first-order valence-corrected chi connectivity index (χ1v) is 30.3. The van der Waals surface area contributed by atoms with Crippen LogP contribution in [-0.4, -0.2) is 107 Å². The van der Waals surface area contributed by atoms with Gasteiger partial charge in [-0.1, -0.05) is 249 Å². The number of rotatable bonds is 50. The number of nitrogens with one attached hydrogen (secondary N) is 1. The van der Waals surface area contributed by atoms with Gasteiger partial charge in [0.1, 0.15) is 30.5 Å². The summed E-state index contributed by atoms with van der Waals surface area (Å²) in [7, 11) is -5.13. The molecule has 13 nitrogen and oxygen atoms in total. The number of carbonyl (C=O) groups excluding carboxylic acids is 1. The van der Waals surface area contributed by atoms with Crippen molar-refractivity contribution in [3.05, 3.63) is 36.5 Å². The van der Waals surface area contributed by atoms with Crippen molar-refractivity contribution >= 4 is 16.3 Å². The van der Waals surface area contributed by atoms with E-state index in [-0.39, 0.29) is 6.42 Å². The van der Waals surface area contributed by atoms with Crippen LogP contribution in [0.1, 0.15) is 258 Å². The zero-order valence-electron chi connectivity index (χ0n) is 44.9. The first kappa shape index (κ1) is 67.3. The Bertz CT molecular complexity index is 1410. The Hall–Kier alpha value is -1.72. The minimum Gasteiger partial charge on any atom is -0.394 e. The van der Waals surface area contributed by atoms with Crippen LogP contribution >= 0.6 is 0 Å². The summed E-state index contributed by atoms with van der Waals surface area (Å²) < 4.78 is 47.7. The predicted octanol–water partition coefficient (Wildman–Crippen LogP) is 12.4. The molecule has 0 aromatic carbocycles. The Morgan fingerprint density at radius 3 is 1.35 bits per heavy atom. The smallest absolute Gasteiger partial charge is 0.394 e. The number of ether oxygens (including phenoxy) is 2. The molecule has 1 amide bonds. The molecular formula is C57H107NO12S. The summed E-state index contributed by atoms with van der Waals surface area (Å²) in [6.07, 6.45) is 46.5. The molecule has 0 aliphatic carbocycles. The van der Waals surface area contributed by atoms with Crippen molar-refractivity contribution in [3.63, 3.8) is 0 Å². The van der Waals surface area contributed by atoms with Gasteiger partial charge in [-0.3, -0.25) is 9.35 Å². The van der Waals surface area contributed by atoms with Crippen LogP contribution < -0.4 is 5.32 Å². The van der Waals surface area contributed by atoms with Crippen molar-refractivity contribution < 1.29 is 57.0 Å². The number of amides is 1. The number of allylic oxidation sites excluding steroid dienone is 5. The fraction of sp³-hybridized carbons (Fsp3) is 0.877. The number of unbranched alkanes of at least 4 members (excludes halogenated alkanes) is 33. The van der Waals surface area contributed by atoms with Crippen molar-refractivity contribution in [1.82, 2.24) is 5.32 Å². The SMILES string of the molecule is CCCCCCCCCCCC/C=C/CC/C=C/CC/C=C/C(O)C(COC1OC(CO)C(O)C(OS(=O)(=O)O)C1O)NC(=O)C(O)CCCCCCCCCCCCCCCCCCCCCCCC. The third-order valence-corrected chi connectivity index (χ3v) is 14.2. The molecule has 1 fully saturated rings. The van der Waals surface area contributed by atoms with E-state index in [1.807, 2.05) is 0 Å². The molecular weight excluding hydrogens is 923 g/mol. The van der Waals surface area contributed by atoms with Gasteiger partial charge < -0.3 is 40.3 Å². The van der Waals surface area contributed by atoms with Crippen molar-refractivity contribution in [2.75, 3.05) is 13.2 Å². The van der Waals surface area contributed by atoms with Crippen molar-refractivity contribution in [3.8, 4) is 0 Å². The van der Waals surface area contributed by atoms with Crippen LogP contribution in [-0.2, 0) is 28.9 Å². The van der Waals surface area contributed by atoms with Gasteiger partial charge in [-0.2, -0.15) is 8.42 Å². The van der Waals surface area contributed by atoms with E-state index >= 15 is 0 Å². The van der Waals surface area contributed by atoms with E-state index in [2.05, 4.69) is 47.7 Å². The topological polar surface area (TPSA) is 212 Å². The molecule has 8 atom stereocenters. The number of hydrogen-bond acceptors (Lipinski definition) is 11. The highest BCUT2D eigenvalue weighted by Gasteiger charge is 2.48. The summed E-state index contributed by atoms with van der Waals surface area (Å²) in [5, 5.41) is 55.5. The number of aliphatic hydroxyl groups excluding tert-OH is 5. The molecule has 0 spiro atoms. The first-order chi connectivity index (χ1) is 34.4. The van der Waals surface area contributed by atoms with E-state index in [4.69, 9.17) is 9.47 Å². The molecule has 1 aliphatic rings. The standard InChI is InChI=1S/C57H107NO12S/c1-3-5-7-9-11-13-15-17-19-21-23-25-26-28-30-32-34-36-38-40-42-44-46-51(61)56(64)58-49(48-68-57-54(63)55(70-71(65,66)67)53(62)52(47-59)69-57)50(60)45-43-41-39-37-35-33-31-29-27-24-22-20-18-16-14-12-10-8-6-4-2/h27,29,35,37,43,45,49-55,57,59-63H,3-26,28,30-34,36,38-42,44,46-48H2,1-2H3,(H,58,64)(H,65,66,67)/b29-27+,37-35+,45-43+. The fourth-order valence-corrected chi connectivity index (χ4v) is 9.71. The molecule has 1 rings (SSSR count). The fourth-order valence-electron chi connectivity index (χ4n) is 9.20. The van der Waals surface area contributed by atoms with Gasteiger partial charge in [0.15, 0.2) is 6.29 Å². The maximum atomic E-state index is 13.2. The summed E-state index contributed by atoms with van der Waals surface area (Å²) >= 11 is 0. The normalized spacial score (nSPS) is 20.1. The average Bonchev–Trinajstić information content (AvgIpc) is 3.35. The maximum absolute atomic E-state index is 13.2. The third-order valence-electron chi connectivity index (χ3n) is 13.8. The Morgan fingerprint density at radius 1 is 0.563 bits per heavy atom. The average molecular weight is 1030 g/mol. The Labute approximate surface area is 433 Å².